The lowest BCUT2D eigenvalue weighted by atomic mass is 10.2. The summed E-state index contributed by atoms with van der Waals surface area (Å²) in [4.78, 5) is 0. The van der Waals surface area contributed by atoms with E-state index in [-0.39, 0.29) is 0 Å². The molecule has 0 heterocycles. The summed E-state index contributed by atoms with van der Waals surface area (Å²) >= 11 is 1.87. The summed E-state index contributed by atoms with van der Waals surface area (Å²) in [5, 5.41) is 0. The predicted molar refractivity (Wildman–Crippen MR) is 89.5 cm³/mol. The monoisotopic (exact) mass is 302 g/mol. The summed E-state index contributed by atoms with van der Waals surface area (Å²) in [6.07, 6.45) is 0. The Morgan fingerprint density at radius 2 is 1.05 bits per heavy atom. The van der Waals surface area contributed by atoms with Crippen molar-refractivity contribution in [3.8, 4) is 0 Å². The van der Waals surface area contributed by atoms with Crippen LogP contribution in [0.25, 0.3) is 0 Å². The van der Waals surface area contributed by atoms with Gasteiger partial charge in [-0.25, -0.2) is 0 Å². The fraction of sp³-hybridized carbons (Fsp3) is 0.333. The number of hydrogen-bond acceptors (Lipinski definition) is 3. The minimum absolute atomic E-state index is 0.700. The zero-order valence-corrected chi connectivity index (χ0v) is 13.1. The van der Waals surface area contributed by atoms with Crippen molar-refractivity contribution in [1.82, 2.24) is 0 Å². The highest BCUT2D eigenvalue weighted by Gasteiger charge is 1.94. The molecule has 0 fully saturated rings. The summed E-state index contributed by atoms with van der Waals surface area (Å²) in [5.74, 6) is 2.03. The molecular formula is C18H22O2S. The summed E-state index contributed by atoms with van der Waals surface area (Å²) in [5.41, 5.74) is 2.46. The van der Waals surface area contributed by atoms with Crippen LogP contribution in [0.4, 0.5) is 0 Å². The van der Waals surface area contributed by atoms with Gasteiger partial charge in [0.15, 0.2) is 0 Å². The summed E-state index contributed by atoms with van der Waals surface area (Å²) in [7, 11) is 0. The van der Waals surface area contributed by atoms with Crippen LogP contribution in [-0.2, 0) is 22.7 Å². The summed E-state index contributed by atoms with van der Waals surface area (Å²) in [6, 6.07) is 20.6. The van der Waals surface area contributed by atoms with Gasteiger partial charge in [-0.05, 0) is 11.1 Å². The fourth-order valence-electron chi connectivity index (χ4n) is 1.87. The molecule has 0 radical (unpaired) electrons. The molecule has 3 heteroatoms. The van der Waals surface area contributed by atoms with E-state index in [0.29, 0.717) is 13.2 Å². The van der Waals surface area contributed by atoms with Gasteiger partial charge in [-0.3, -0.25) is 0 Å². The van der Waals surface area contributed by atoms with Crippen LogP contribution in [0.15, 0.2) is 60.7 Å². The molecule has 0 aromatic heterocycles. The van der Waals surface area contributed by atoms with Gasteiger partial charge in [-0.2, -0.15) is 11.8 Å². The van der Waals surface area contributed by atoms with Gasteiger partial charge in [0.1, 0.15) is 0 Å². The first-order valence-corrected chi connectivity index (χ1v) is 8.42. The number of ether oxygens (including phenoxy) is 2. The van der Waals surface area contributed by atoms with E-state index >= 15 is 0 Å². The van der Waals surface area contributed by atoms with E-state index in [1.165, 1.54) is 11.1 Å². The maximum atomic E-state index is 5.63. The van der Waals surface area contributed by atoms with Crippen LogP contribution in [0.1, 0.15) is 11.1 Å². The van der Waals surface area contributed by atoms with Gasteiger partial charge in [0, 0.05) is 11.5 Å². The van der Waals surface area contributed by atoms with Crippen LogP contribution in [0.2, 0.25) is 0 Å². The highest BCUT2D eigenvalue weighted by molar-refractivity contribution is 7.99. The minimum atomic E-state index is 0.700. The van der Waals surface area contributed by atoms with Crippen molar-refractivity contribution in [2.45, 2.75) is 13.2 Å². The number of thioether (sulfide) groups is 1. The lowest BCUT2D eigenvalue weighted by Gasteiger charge is -2.06. The van der Waals surface area contributed by atoms with Crippen molar-refractivity contribution in [3.63, 3.8) is 0 Å². The number of rotatable bonds is 10. The van der Waals surface area contributed by atoms with E-state index in [1.54, 1.807) is 0 Å². The third-order valence-electron chi connectivity index (χ3n) is 2.97. The Balaban J connectivity index is 1.40. The maximum Gasteiger partial charge on any atom is 0.0717 e. The zero-order valence-electron chi connectivity index (χ0n) is 12.2. The molecule has 0 aliphatic carbocycles. The van der Waals surface area contributed by atoms with Gasteiger partial charge in [0.2, 0.25) is 0 Å². The molecule has 0 saturated heterocycles. The molecule has 0 aliphatic heterocycles. The lowest BCUT2D eigenvalue weighted by molar-refractivity contribution is 0.133. The molecule has 112 valence electrons. The molecule has 0 unspecified atom stereocenters. The van der Waals surface area contributed by atoms with Crippen LogP contribution in [0, 0.1) is 0 Å². The Hall–Kier alpha value is -1.29. The smallest absolute Gasteiger partial charge is 0.0717 e. The second-order valence-electron chi connectivity index (χ2n) is 4.69. The Morgan fingerprint density at radius 1 is 0.619 bits per heavy atom. The van der Waals surface area contributed by atoms with Crippen LogP contribution in [0.5, 0.6) is 0 Å². The van der Waals surface area contributed by atoms with Crippen LogP contribution < -0.4 is 0 Å². The Bertz CT molecular complexity index is 428. The standard InChI is InChI=1S/C18H22O2S/c1-3-7-17(8-4-1)15-19-11-13-21-14-12-20-16-18-9-5-2-6-10-18/h1-10H,11-16H2. The predicted octanol–water partition coefficient (Wildman–Crippen LogP) is 4.15. The third-order valence-corrected chi connectivity index (χ3v) is 3.88. The minimum Gasteiger partial charge on any atom is -0.376 e. The van der Waals surface area contributed by atoms with Gasteiger partial charge < -0.3 is 9.47 Å². The van der Waals surface area contributed by atoms with Gasteiger partial charge >= 0.3 is 0 Å². The van der Waals surface area contributed by atoms with Crippen LogP contribution in [0.3, 0.4) is 0 Å². The van der Waals surface area contributed by atoms with Crippen molar-refractivity contribution in [2.24, 2.45) is 0 Å². The molecule has 2 rings (SSSR count). The molecule has 2 aromatic rings. The molecule has 2 aromatic carbocycles. The normalized spacial score (nSPS) is 10.7. The van der Waals surface area contributed by atoms with Gasteiger partial charge in [-0.15, -0.1) is 0 Å². The van der Waals surface area contributed by atoms with E-state index in [4.69, 9.17) is 9.47 Å². The highest BCUT2D eigenvalue weighted by atomic mass is 32.2. The molecule has 0 N–H and O–H groups in total. The van der Waals surface area contributed by atoms with E-state index in [9.17, 15) is 0 Å². The van der Waals surface area contributed by atoms with Crippen molar-refractivity contribution >= 4 is 11.8 Å². The molecule has 2 nitrogen and oxygen atoms in total. The van der Waals surface area contributed by atoms with Gasteiger partial charge in [0.05, 0.1) is 26.4 Å². The third kappa shape index (κ3) is 7.32. The first-order valence-electron chi connectivity index (χ1n) is 7.26. The van der Waals surface area contributed by atoms with Crippen molar-refractivity contribution in [2.75, 3.05) is 24.7 Å². The maximum absolute atomic E-state index is 5.63. The molecule has 21 heavy (non-hydrogen) atoms. The highest BCUT2D eigenvalue weighted by Crippen LogP contribution is 2.05. The molecule has 0 bridgehead atoms. The van der Waals surface area contributed by atoms with E-state index in [2.05, 4.69) is 24.3 Å². The average molecular weight is 302 g/mol. The molecule has 0 spiro atoms. The molecule has 0 saturated carbocycles. The largest absolute Gasteiger partial charge is 0.376 e. The SMILES string of the molecule is c1ccc(COCCSCCOCc2ccccc2)cc1. The quantitative estimate of drug-likeness (QED) is 0.614. The number of hydrogen-bond donors (Lipinski definition) is 0. The molecule has 0 atom stereocenters. The summed E-state index contributed by atoms with van der Waals surface area (Å²) in [6.45, 7) is 2.98. The Labute approximate surface area is 131 Å². The van der Waals surface area contributed by atoms with Gasteiger partial charge in [0.25, 0.3) is 0 Å². The topological polar surface area (TPSA) is 18.5 Å². The average Bonchev–Trinajstić information content (AvgIpc) is 2.55. The Kier molecular flexibility index (Phi) is 8.00. The van der Waals surface area contributed by atoms with E-state index in [0.717, 1.165) is 24.7 Å². The lowest BCUT2D eigenvalue weighted by Crippen LogP contribution is -2.02. The van der Waals surface area contributed by atoms with Crippen molar-refractivity contribution in [1.29, 1.82) is 0 Å². The van der Waals surface area contributed by atoms with Crippen molar-refractivity contribution < 1.29 is 9.47 Å². The van der Waals surface area contributed by atoms with E-state index in [1.807, 2.05) is 48.2 Å². The Morgan fingerprint density at radius 3 is 1.48 bits per heavy atom. The van der Waals surface area contributed by atoms with E-state index < -0.39 is 0 Å². The molecular weight excluding hydrogens is 280 g/mol. The first kappa shape index (κ1) is 16.1. The van der Waals surface area contributed by atoms with Crippen molar-refractivity contribution in [3.05, 3.63) is 71.8 Å². The van der Waals surface area contributed by atoms with Crippen LogP contribution >= 0.6 is 11.8 Å². The van der Waals surface area contributed by atoms with Crippen LogP contribution in [-0.4, -0.2) is 24.7 Å². The second kappa shape index (κ2) is 10.4. The molecule has 0 aliphatic rings. The zero-order chi connectivity index (χ0) is 14.6. The molecule has 0 amide bonds. The second-order valence-corrected chi connectivity index (χ2v) is 5.91. The van der Waals surface area contributed by atoms with Gasteiger partial charge in [-0.1, -0.05) is 60.7 Å². The first-order chi connectivity index (χ1) is 10.4. The number of benzene rings is 2. The summed E-state index contributed by atoms with van der Waals surface area (Å²) < 4.78 is 11.3. The fourth-order valence-corrected chi connectivity index (χ4v) is 2.54.